The van der Waals surface area contributed by atoms with Gasteiger partial charge in [-0.05, 0) is 55.5 Å². The molecule has 0 aliphatic carbocycles. The fourth-order valence-electron chi connectivity index (χ4n) is 6.39. The predicted octanol–water partition coefficient (Wildman–Crippen LogP) is 8.50. The van der Waals surface area contributed by atoms with Crippen LogP contribution in [-0.2, 0) is 0 Å². The van der Waals surface area contributed by atoms with Crippen LogP contribution in [0.4, 0.5) is 0 Å². The van der Waals surface area contributed by atoms with Gasteiger partial charge in [-0.15, -0.1) is 0 Å². The van der Waals surface area contributed by atoms with E-state index in [1.807, 2.05) is 24.3 Å². The number of fused-ring (bicyclic) bond motifs is 4. The lowest BCUT2D eigenvalue weighted by Gasteiger charge is -2.19. The van der Waals surface area contributed by atoms with Crippen LogP contribution in [-0.4, -0.2) is 23.0 Å². The molecule has 0 amide bonds. The maximum atomic E-state index is 5.09. The first-order chi connectivity index (χ1) is 21.0. The molecule has 0 saturated heterocycles. The molecule has 4 heteroatoms. The van der Waals surface area contributed by atoms with E-state index in [0.717, 1.165) is 22.1 Å². The summed E-state index contributed by atoms with van der Waals surface area (Å²) in [7, 11) is -1.83. The monoisotopic (exact) mass is 567 g/mol. The van der Waals surface area contributed by atoms with Crippen molar-refractivity contribution in [3.8, 4) is 56.4 Å². The third-order valence-electron chi connectivity index (χ3n) is 8.71. The van der Waals surface area contributed by atoms with Gasteiger partial charge in [-0.2, -0.15) is 0 Å². The maximum absolute atomic E-state index is 5.09. The topological polar surface area (TPSA) is 38.7 Å². The SMILES string of the molecule is C[Si]1(C)c2ccccc2-c2ccc(-c3nc(-c4ccccc4)nc(-c4ccc5cc(-c6ccccc6)ccc5c4)n3)cc21. The molecule has 0 bridgehead atoms. The van der Waals surface area contributed by atoms with Crippen LogP contribution in [0.15, 0.2) is 140 Å². The summed E-state index contributed by atoms with van der Waals surface area (Å²) in [6, 6.07) is 49.4. The second-order valence-corrected chi connectivity index (χ2v) is 16.1. The van der Waals surface area contributed by atoms with Gasteiger partial charge in [0.2, 0.25) is 0 Å². The number of hydrogen-bond donors (Lipinski definition) is 0. The minimum Gasteiger partial charge on any atom is -0.208 e. The van der Waals surface area contributed by atoms with E-state index in [1.165, 1.54) is 38.0 Å². The van der Waals surface area contributed by atoms with Crippen LogP contribution in [0.1, 0.15) is 0 Å². The summed E-state index contributed by atoms with van der Waals surface area (Å²) in [4.78, 5) is 15.1. The molecule has 0 atom stereocenters. The van der Waals surface area contributed by atoms with Gasteiger partial charge in [-0.25, -0.2) is 15.0 Å². The van der Waals surface area contributed by atoms with Crippen LogP contribution in [0.3, 0.4) is 0 Å². The molecule has 0 unspecified atom stereocenters. The molecule has 8 rings (SSSR count). The van der Waals surface area contributed by atoms with Crippen molar-refractivity contribution >= 4 is 29.2 Å². The number of hydrogen-bond acceptors (Lipinski definition) is 3. The summed E-state index contributed by atoms with van der Waals surface area (Å²) in [5, 5.41) is 5.28. The van der Waals surface area contributed by atoms with Crippen molar-refractivity contribution in [1.82, 2.24) is 15.0 Å². The minimum absolute atomic E-state index is 0.679. The molecule has 2 heterocycles. The maximum Gasteiger partial charge on any atom is 0.164 e. The normalized spacial score (nSPS) is 13.1. The second-order valence-electron chi connectivity index (χ2n) is 11.7. The first-order valence-corrected chi connectivity index (χ1v) is 17.7. The zero-order valence-electron chi connectivity index (χ0n) is 24.1. The van der Waals surface area contributed by atoms with Gasteiger partial charge < -0.3 is 0 Å². The summed E-state index contributed by atoms with van der Waals surface area (Å²) < 4.78 is 0. The van der Waals surface area contributed by atoms with Crippen molar-refractivity contribution in [2.75, 3.05) is 0 Å². The van der Waals surface area contributed by atoms with Crippen molar-refractivity contribution in [2.24, 2.45) is 0 Å². The molecular formula is C39H29N3Si. The molecule has 1 aliphatic heterocycles. The highest BCUT2D eigenvalue weighted by Crippen LogP contribution is 2.32. The van der Waals surface area contributed by atoms with Crippen molar-refractivity contribution in [1.29, 1.82) is 0 Å². The number of benzene rings is 6. The fraction of sp³-hybridized carbons (Fsp3) is 0.0513. The van der Waals surface area contributed by atoms with Crippen molar-refractivity contribution in [2.45, 2.75) is 13.1 Å². The molecule has 1 aliphatic rings. The molecule has 3 nitrogen and oxygen atoms in total. The Morgan fingerprint density at radius 2 is 0.860 bits per heavy atom. The number of aromatic nitrogens is 3. The summed E-state index contributed by atoms with van der Waals surface area (Å²) in [6.07, 6.45) is 0. The lowest BCUT2D eigenvalue weighted by Crippen LogP contribution is -2.49. The van der Waals surface area contributed by atoms with Crippen LogP contribution in [0.2, 0.25) is 13.1 Å². The van der Waals surface area contributed by atoms with Crippen LogP contribution >= 0.6 is 0 Å². The molecule has 0 fully saturated rings. The van der Waals surface area contributed by atoms with Gasteiger partial charge in [0.15, 0.2) is 17.5 Å². The standard InChI is InChI=1S/C39H29N3Si/c1-43(2)35-16-10-9-15-33(35)34-22-21-32(25-36(34)43)39-41-37(27-13-7-4-8-14-27)40-38(42-39)31-20-19-29-23-28(17-18-30(29)24-31)26-11-5-3-6-12-26/h3-25H,1-2H3. The van der Waals surface area contributed by atoms with E-state index in [-0.39, 0.29) is 0 Å². The molecule has 204 valence electrons. The van der Waals surface area contributed by atoms with Gasteiger partial charge in [-0.3, -0.25) is 0 Å². The van der Waals surface area contributed by atoms with E-state index in [4.69, 9.17) is 15.0 Å². The van der Waals surface area contributed by atoms with Crippen LogP contribution in [0.5, 0.6) is 0 Å². The molecule has 6 aromatic carbocycles. The quantitative estimate of drug-likeness (QED) is 0.200. The average molecular weight is 568 g/mol. The summed E-state index contributed by atoms with van der Waals surface area (Å²) in [5.41, 5.74) is 8.12. The lowest BCUT2D eigenvalue weighted by molar-refractivity contribution is 1.07. The van der Waals surface area contributed by atoms with Gasteiger partial charge in [0, 0.05) is 16.7 Å². The van der Waals surface area contributed by atoms with Crippen LogP contribution < -0.4 is 10.4 Å². The summed E-state index contributed by atoms with van der Waals surface area (Å²) in [5.74, 6) is 2.06. The zero-order chi connectivity index (χ0) is 29.0. The van der Waals surface area contributed by atoms with Crippen LogP contribution in [0, 0.1) is 0 Å². The van der Waals surface area contributed by atoms with E-state index in [0.29, 0.717) is 17.5 Å². The Morgan fingerprint density at radius 1 is 0.372 bits per heavy atom. The second kappa shape index (κ2) is 9.97. The molecular weight excluding hydrogens is 539 g/mol. The van der Waals surface area contributed by atoms with E-state index < -0.39 is 8.07 Å². The molecule has 1 aromatic heterocycles. The van der Waals surface area contributed by atoms with Crippen LogP contribution in [0.25, 0.3) is 67.2 Å². The van der Waals surface area contributed by atoms with E-state index >= 15 is 0 Å². The third kappa shape index (κ3) is 4.39. The highest BCUT2D eigenvalue weighted by molar-refractivity contribution is 7.03. The molecule has 7 aromatic rings. The van der Waals surface area contributed by atoms with Gasteiger partial charge in [-0.1, -0.05) is 140 Å². The first kappa shape index (κ1) is 25.5. The molecule has 0 radical (unpaired) electrons. The number of rotatable bonds is 4. The average Bonchev–Trinajstić information content (AvgIpc) is 3.30. The molecule has 0 spiro atoms. The minimum atomic E-state index is -1.83. The van der Waals surface area contributed by atoms with Gasteiger partial charge >= 0.3 is 0 Å². The van der Waals surface area contributed by atoms with Crippen molar-refractivity contribution < 1.29 is 0 Å². The highest BCUT2D eigenvalue weighted by atomic mass is 28.3. The summed E-state index contributed by atoms with van der Waals surface area (Å²) >= 11 is 0. The zero-order valence-corrected chi connectivity index (χ0v) is 25.1. The third-order valence-corrected chi connectivity index (χ3v) is 12.3. The Kier molecular flexibility index (Phi) is 5.91. The Hall–Kier alpha value is -5.19. The fourth-order valence-corrected chi connectivity index (χ4v) is 9.49. The van der Waals surface area contributed by atoms with Crippen molar-refractivity contribution in [3.63, 3.8) is 0 Å². The smallest absolute Gasteiger partial charge is 0.164 e. The number of nitrogens with zero attached hydrogens (tertiary/aromatic N) is 3. The van der Waals surface area contributed by atoms with Gasteiger partial charge in [0.1, 0.15) is 8.07 Å². The Labute approximate surface area is 252 Å². The molecule has 43 heavy (non-hydrogen) atoms. The van der Waals surface area contributed by atoms with E-state index in [9.17, 15) is 0 Å². The van der Waals surface area contributed by atoms with E-state index in [1.54, 1.807) is 0 Å². The largest absolute Gasteiger partial charge is 0.208 e. The van der Waals surface area contributed by atoms with Gasteiger partial charge in [0.05, 0.1) is 0 Å². The first-order valence-electron chi connectivity index (χ1n) is 14.7. The predicted molar refractivity (Wildman–Crippen MR) is 181 cm³/mol. The Balaban J connectivity index is 1.25. The van der Waals surface area contributed by atoms with Crippen molar-refractivity contribution in [3.05, 3.63) is 140 Å². The Morgan fingerprint density at radius 3 is 1.56 bits per heavy atom. The Bertz CT molecular complexity index is 2150. The molecule has 0 saturated carbocycles. The molecule has 0 N–H and O–H groups in total. The highest BCUT2D eigenvalue weighted by Gasteiger charge is 2.37. The van der Waals surface area contributed by atoms with E-state index in [2.05, 4.69) is 128 Å². The summed E-state index contributed by atoms with van der Waals surface area (Å²) in [6.45, 7) is 4.88. The van der Waals surface area contributed by atoms with Gasteiger partial charge in [0.25, 0.3) is 0 Å². The lowest BCUT2D eigenvalue weighted by atomic mass is 10.00.